The highest BCUT2D eigenvalue weighted by molar-refractivity contribution is 5.76. The molecule has 4 heteroatoms. The van der Waals surface area contributed by atoms with E-state index in [2.05, 4.69) is 0 Å². The summed E-state index contributed by atoms with van der Waals surface area (Å²) in [5.41, 5.74) is 0. The summed E-state index contributed by atoms with van der Waals surface area (Å²) in [6, 6.07) is 0. The topological polar surface area (TPSA) is 38.8 Å². The van der Waals surface area contributed by atoms with Gasteiger partial charge in [0.05, 0.1) is 25.7 Å². The molecule has 1 amide bonds. The van der Waals surface area contributed by atoms with Crippen molar-refractivity contribution in [1.29, 1.82) is 0 Å². The van der Waals surface area contributed by atoms with Crippen molar-refractivity contribution in [3.05, 3.63) is 0 Å². The fourth-order valence-corrected chi connectivity index (χ4v) is 2.63. The summed E-state index contributed by atoms with van der Waals surface area (Å²) in [5, 5.41) is 0. The van der Waals surface area contributed by atoms with Crippen LogP contribution >= 0.6 is 0 Å². The maximum Gasteiger partial charge on any atom is 0.224 e. The van der Waals surface area contributed by atoms with Crippen LogP contribution in [0.2, 0.25) is 0 Å². The zero-order valence-corrected chi connectivity index (χ0v) is 11.2. The molecule has 2 aliphatic rings. The van der Waals surface area contributed by atoms with Crippen LogP contribution in [0.25, 0.3) is 0 Å². The molecule has 0 aliphatic carbocycles. The third kappa shape index (κ3) is 4.58. The maximum atomic E-state index is 12.0. The minimum absolute atomic E-state index is 0.254. The molecule has 0 aromatic heterocycles. The summed E-state index contributed by atoms with van der Waals surface area (Å²) in [5.74, 6) is 0.254. The van der Waals surface area contributed by atoms with Crippen LogP contribution in [0, 0.1) is 0 Å². The van der Waals surface area contributed by atoms with Gasteiger partial charge in [-0.2, -0.15) is 0 Å². The van der Waals surface area contributed by atoms with Crippen LogP contribution in [-0.4, -0.2) is 49.8 Å². The van der Waals surface area contributed by atoms with Gasteiger partial charge in [-0.25, -0.2) is 0 Å². The third-order valence-corrected chi connectivity index (χ3v) is 3.75. The van der Waals surface area contributed by atoms with Gasteiger partial charge in [0.1, 0.15) is 0 Å². The van der Waals surface area contributed by atoms with Crippen molar-refractivity contribution < 1.29 is 14.3 Å². The Balaban J connectivity index is 1.55. The van der Waals surface area contributed by atoms with E-state index >= 15 is 0 Å². The molecule has 4 nitrogen and oxygen atoms in total. The number of rotatable bonds is 5. The van der Waals surface area contributed by atoms with E-state index in [4.69, 9.17) is 9.47 Å². The lowest BCUT2D eigenvalue weighted by molar-refractivity contribution is -0.132. The van der Waals surface area contributed by atoms with E-state index in [1.807, 2.05) is 4.90 Å². The fraction of sp³-hybridized carbons (Fsp3) is 0.929. The number of carbonyl (C=O) groups is 1. The molecule has 0 saturated carbocycles. The second kappa shape index (κ2) is 7.74. The van der Waals surface area contributed by atoms with E-state index in [1.54, 1.807) is 0 Å². The van der Waals surface area contributed by atoms with E-state index in [-0.39, 0.29) is 12.0 Å². The molecule has 2 fully saturated rings. The molecular formula is C14H25NO3. The molecule has 0 radical (unpaired) electrons. The molecular weight excluding hydrogens is 230 g/mol. The van der Waals surface area contributed by atoms with Gasteiger partial charge >= 0.3 is 0 Å². The first-order valence-electron chi connectivity index (χ1n) is 7.33. The Kier molecular flexibility index (Phi) is 5.94. The number of hydrogen-bond donors (Lipinski definition) is 0. The lowest BCUT2D eigenvalue weighted by Gasteiger charge is -2.20. The van der Waals surface area contributed by atoms with Crippen LogP contribution in [0.15, 0.2) is 0 Å². The molecule has 2 rings (SSSR count). The summed E-state index contributed by atoms with van der Waals surface area (Å²) in [7, 11) is 0. The smallest absolute Gasteiger partial charge is 0.224 e. The standard InChI is InChI=1S/C14H25NO3/c16-14(15-8-3-1-2-4-9-15)7-11-17-12-13-6-5-10-18-13/h13H,1-12H2/t13-/m0/s1. The van der Waals surface area contributed by atoms with Gasteiger partial charge in [-0.3, -0.25) is 4.79 Å². The highest BCUT2D eigenvalue weighted by Crippen LogP contribution is 2.13. The van der Waals surface area contributed by atoms with E-state index in [0.717, 1.165) is 45.4 Å². The highest BCUT2D eigenvalue weighted by atomic mass is 16.5. The van der Waals surface area contributed by atoms with Gasteiger partial charge in [0.2, 0.25) is 5.91 Å². The summed E-state index contributed by atoms with van der Waals surface area (Å²) in [6.07, 6.45) is 7.86. The monoisotopic (exact) mass is 255 g/mol. The van der Waals surface area contributed by atoms with Crippen LogP contribution in [0.3, 0.4) is 0 Å². The molecule has 2 heterocycles. The second-order valence-electron chi connectivity index (χ2n) is 5.25. The van der Waals surface area contributed by atoms with Gasteiger partial charge < -0.3 is 14.4 Å². The average Bonchev–Trinajstić information content (AvgIpc) is 2.74. The second-order valence-corrected chi connectivity index (χ2v) is 5.25. The summed E-state index contributed by atoms with van der Waals surface area (Å²) < 4.78 is 11.0. The van der Waals surface area contributed by atoms with Crippen molar-refractivity contribution >= 4 is 5.91 Å². The van der Waals surface area contributed by atoms with Crippen LogP contribution in [0.5, 0.6) is 0 Å². The van der Waals surface area contributed by atoms with Gasteiger partial charge in [-0.1, -0.05) is 12.8 Å². The van der Waals surface area contributed by atoms with Crippen LogP contribution in [-0.2, 0) is 14.3 Å². The number of hydrogen-bond acceptors (Lipinski definition) is 3. The van der Waals surface area contributed by atoms with Crippen molar-refractivity contribution in [2.75, 3.05) is 32.9 Å². The van der Waals surface area contributed by atoms with Crippen molar-refractivity contribution in [1.82, 2.24) is 4.90 Å². The predicted molar refractivity (Wildman–Crippen MR) is 69.5 cm³/mol. The third-order valence-electron chi connectivity index (χ3n) is 3.75. The largest absolute Gasteiger partial charge is 0.378 e. The highest BCUT2D eigenvalue weighted by Gasteiger charge is 2.17. The molecule has 2 aliphatic heterocycles. The van der Waals surface area contributed by atoms with Crippen molar-refractivity contribution in [3.8, 4) is 0 Å². The maximum absolute atomic E-state index is 12.0. The van der Waals surface area contributed by atoms with E-state index in [9.17, 15) is 4.79 Å². The quantitative estimate of drug-likeness (QED) is 0.705. The average molecular weight is 255 g/mol. The first-order valence-corrected chi connectivity index (χ1v) is 7.33. The number of nitrogens with zero attached hydrogens (tertiary/aromatic N) is 1. The van der Waals surface area contributed by atoms with Crippen molar-refractivity contribution in [3.63, 3.8) is 0 Å². The Morgan fingerprint density at radius 1 is 1.17 bits per heavy atom. The Morgan fingerprint density at radius 2 is 1.94 bits per heavy atom. The van der Waals surface area contributed by atoms with Crippen LogP contribution in [0.4, 0.5) is 0 Å². The summed E-state index contributed by atoms with van der Waals surface area (Å²) in [6.45, 7) is 3.92. The van der Waals surface area contributed by atoms with Gasteiger partial charge in [0.25, 0.3) is 0 Å². The number of amides is 1. The Hall–Kier alpha value is -0.610. The van der Waals surface area contributed by atoms with Gasteiger partial charge in [0, 0.05) is 19.7 Å². The minimum Gasteiger partial charge on any atom is -0.378 e. The fourth-order valence-electron chi connectivity index (χ4n) is 2.63. The molecule has 2 saturated heterocycles. The van der Waals surface area contributed by atoms with E-state index in [1.165, 1.54) is 12.8 Å². The molecule has 1 atom stereocenters. The number of ether oxygens (including phenoxy) is 2. The SMILES string of the molecule is O=C(CCOC[C@@H]1CCCO1)N1CCCCCC1. The van der Waals surface area contributed by atoms with E-state index in [0.29, 0.717) is 19.6 Å². The zero-order chi connectivity index (χ0) is 12.6. The molecule has 18 heavy (non-hydrogen) atoms. The predicted octanol–water partition coefficient (Wildman–Crippen LogP) is 1.97. The lowest BCUT2D eigenvalue weighted by atomic mass is 10.2. The normalized spacial score (nSPS) is 25.1. The van der Waals surface area contributed by atoms with Crippen LogP contribution in [0.1, 0.15) is 44.9 Å². The lowest BCUT2D eigenvalue weighted by Crippen LogP contribution is -2.32. The number of likely N-dealkylation sites (tertiary alicyclic amines) is 1. The Labute approximate surface area is 110 Å². The Morgan fingerprint density at radius 3 is 2.61 bits per heavy atom. The van der Waals surface area contributed by atoms with Gasteiger partial charge in [0.15, 0.2) is 0 Å². The molecule has 0 bridgehead atoms. The van der Waals surface area contributed by atoms with Crippen LogP contribution < -0.4 is 0 Å². The van der Waals surface area contributed by atoms with Gasteiger partial charge in [-0.05, 0) is 25.7 Å². The van der Waals surface area contributed by atoms with Crippen molar-refractivity contribution in [2.45, 2.75) is 51.0 Å². The molecule has 0 aromatic carbocycles. The molecule has 0 unspecified atom stereocenters. The van der Waals surface area contributed by atoms with Gasteiger partial charge in [-0.15, -0.1) is 0 Å². The summed E-state index contributed by atoms with van der Waals surface area (Å²) >= 11 is 0. The first kappa shape index (κ1) is 13.8. The minimum atomic E-state index is 0.254. The zero-order valence-electron chi connectivity index (χ0n) is 11.2. The first-order chi connectivity index (χ1) is 8.86. The summed E-state index contributed by atoms with van der Waals surface area (Å²) in [4.78, 5) is 14.0. The van der Waals surface area contributed by atoms with Crippen molar-refractivity contribution in [2.24, 2.45) is 0 Å². The molecule has 0 aromatic rings. The Bertz CT molecular complexity index is 243. The van der Waals surface area contributed by atoms with E-state index < -0.39 is 0 Å². The molecule has 0 spiro atoms. The molecule has 104 valence electrons. The molecule has 0 N–H and O–H groups in total. The number of carbonyl (C=O) groups excluding carboxylic acids is 1.